The minimum atomic E-state index is 0.314. The summed E-state index contributed by atoms with van der Waals surface area (Å²) < 4.78 is 0. The van der Waals surface area contributed by atoms with Crippen molar-refractivity contribution in [2.45, 2.75) is 58.5 Å². The number of rotatable bonds is 7. The highest BCUT2D eigenvalue weighted by Gasteiger charge is 2.06. The average Bonchev–Trinajstić information content (AvgIpc) is 2.10. The molecule has 0 bridgehead atoms. The summed E-state index contributed by atoms with van der Waals surface area (Å²) in [5.41, 5.74) is 0. The molecule has 2 nitrogen and oxygen atoms in total. The van der Waals surface area contributed by atoms with Crippen LogP contribution in [0.2, 0.25) is 0 Å². The van der Waals surface area contributed by atoms with E-state index < -0.39 is 0 Å². The molecule has 2 heteroatoms. The third-order valence-electron chi connectivity index (χ3n) is 2.30. The van der Waals surface area contributed by atoms with Crippen molar-refractivity contribution in [1.82, 2.24) is 5.32 Å². The van der Waals surface area contributed by atoms with Gasteiger partial charge in [-0.1, -0.05) is 13.8 Å². The summed E-state index contributed by atoms with van der Waals surface area (Å²) in [6.45, 7) is 6.92. The molecule has 0 spiro atoms. The van der Waals surface area contributed by atoms with Crippen LogP contribution in [0.5, 0.6) is 0 Å². The van der Waals surface area contributed by atoms with Crippen molar-refractivity contribution < 1.29 is 5.11 Å². The molecule has 0 aromatic carbocycles. The van der Waals surface area contributed by atoms with Gasteiger partial charge in [0.2, 0.25) is 0 Å². The van der Waals surface area contributed by atoms with Crippen LogP contribution in [-0.4, -0.2) is 23.8 Å². The first-order chi connectivity index (χ1) is 5.74. The fraction of sp³-hybridized carbons (Fsp3) is 1.00. The van der Waals surface area contributed by atoms with Gasteiger partial charge in [-0.05, 0) is 32.6 Å². The second kappa shape index (κ2) is 7.56. The van der Waals surface area contributed by atoms with E-state index in [9.17, 15) is 0 Å². The van der Waals surface area contributed by atoms with Crippen LogP contribution in [0, 0.1) is 0 Å². The molecule has 0 aliphatic heterocycles. The number of aliphatic hydroxyl groups is 1. The molecule has 74 valence electrons. The smallest absolute Gasteiger partial charge is 0.0431 e. The van der Waals surface area contributed by atoms with Gasteiger partial charge in [0.05, 0.1) is 0 Å². The van der Waals surface area contributed by atoms with Gasteiger partial charge in [0.25, 0.3) is 0 Å². The summed E-state index contributed by atoms with van der Waals surface area (Å²) in [6.07, 6.45) is 4.38. The minimum absolute atomic E-state index is 0.314. The lowest BCUT2D eigenvalue weighted by Crippen LogP contribution is -2.35. The second-order valence-electron chi connectivity index (χ2n) is 3.45. The third-order valence-corrected chi connectivity index (χ3v) is 2.30. The zero-order valence-corrected chi connectivity index (χ0v) is 8.64. The van der Waals surface area contributed by atoms with Crippen molar-refractivity contribution in [3.63, 3.8) is 0 Å². The molecule has 0 saturated carbocycles. The van der Waals surface area contributed by atoms with E-state index in [4.69, 9.17) is 5.11 Å². The molecule has 0 rings (SSSR count). The molecule has 2 N–H and O–H groups in total. The normalized spacial score (nSPS) is 13.8. The number of hydrogen-bond donors (Lipinski definition) is 2. The Labute approximate surface area is 76.4 Å². The van der Waals surface area contributed by atoms with E-state index >= 15 is 0 Å². The van der Waals surface area contributed by atoms with Crippen LogP contribution in [-0.2, 0) is 0 Å². The van der Waals surface area contributed by atoms with E-state index in [0.29, 0.717) is 18.7 Å². The molecule has 0 heterocycles. The van der Waals surface area contributed by atoms with Gasteiger partial charge in [0, 0.05) is 18.7 Å². The van der Waals surface area contributed by atoms with E-state index in [1.165, 1.54) is 12.8 Å². The first-order valence-electron chi connectivity index (χ1n) is 5.11. The lowest BCUT2D eigenvalue weighted by molar-refractivity contribution is 0.272. The maximum Gasteiger partial charge on any atom is 0.0431 e. The quantitative estimate of drug-likeness (QED) is 0.616. The lowest BCUT2D eigenvalue weighted by Gasteiger charge is -2.20. The topological polar surface area (TPSA) is 32.3 Å². The fourth-order valence-electron chi connectivity index (χ4n) is 1.41. The number of aliphatic hydroxyl groups excluding tert-OH is 1. The van der Waals surface area contributed by atoms with Crippen LogP contribution in [0.1, 0.15) is 46.5 Å². The van der Waals surface area contributed by atoms with E-state index in [2.05, 4.69) is 26.1 Å². The molecule has 0 aliphatic carbocycles. The summed E-state index contributed by atoms with van der Waals surface area (Å²) in [6, 6.07) is 1.20. The zero-order valence-electron chi connectivity index (χ0n) is 8.64. The summed E-state index contributed by atoms with van der Waals surface area (Å²) >= 11 is 0. The van der Waals surface area contributed by atoms with Crippen molar-refractivity contribution in [2.24, 2.45) is 0 Å². The van der Waals surface area contributed by atoms with Gasteiger partial charge in [0.15, 0.2) is 0 Å². The minimum Gasteiger partial charge on any atom is -0.396 e. The summed E-state index contributed by atoms with van der Waals surface area (Å²) in [5.74, 6) is 0. The Morgan fingerprint density at radius 1 is 1.25 bits per heavy atom. The van der Waals surface area contributed by atoms with Gasteiger partial charge in [0.1, 0.15) is 0 Å². The fourth-order valence-corrected chi connectivity index (χ4v) is 1.41. The lowest BCUT2D eigenvalue weighted by atomic mass is 10.1. The summed E-state index contributed by atoms with van der Waals surface area (Å²) in [7, 11) is 0. The van der Waals surface area contributed by atoms with Crippen LogP contribution in [0.3, 0.4) is 0 Å². The van der Waals surface area contributed by atoms with E-state index in [-0.39, 0.29) is 0 Å². The van der Waals surface area contributed by atoms with Gasteiger partial charge in [-0.15, -0.1) is 0 Å². The number of hydrogen-bond acceptors (Lipinski definition) is 2. The van der Waals surface area contributed by atoms with Crippen LogP contribution in [0.4, 0.5) is 0 Å². The van der Waals surface area contributed by atoms with Crippen molar-refractivity contribution >= 4 is 0 Å². The largest absolute Gasteiger partial charge is 0.396 e. The van der Waals surface area contributed by atoms with Crippen molar-refractivity contribution in [2.75, 3.05) is 6.61 Å². The number of nitrogens with one attached hydrogen (secondary N) is 1. The summed E-state index contributed by atoms with van der Waals surface area (Å²) in [4.78, 5) is 0. The zero-order chi connectivity index (χ0) is 9.40. The Hall–Kier alpha value is -0.0800. The molecule has 1 unspecified atom stereocenters. The molecule has 0 aliphatic rings. The summed E-state index contributed by atoms with van der Waals surface area (Å²) in [5, 5.41) is 12.2. The van der Waals surface area contributed by atoms with Gasteiger partial charge in [-0.25, -0.2) is 0 Å². The highest BCUT2D eigenvalue weighted by atomic mass is 16.2. The molecule has 0 fully saturated rings. The Balaban J connectivity index is 3.44. The van der Waals surface area contributed by atoms with E-state index in [0.717, 1.165) is 12.8 Å². The maximum atomic E-state index is 8.64. The molecule has 0 aromatic rings. The Bertz CT molecular complexity index is 91.8. The highest BCUT2D eigenvalue weighted by Crippen LogP contribution is 2.02. The third kappa shape index (κ3) is 5.56. The molecule has 0 aromatic heterocycles. The SMILES string of the molecule is CCC(CC)NC(C)CCCO. The molecule has 0 saturated heterocycles. The van der Waals surface area contributed by atoms with Gasteiger partial charge in [-0.3, -0.25) is 0 Å². The first-order valence-corrected chi connectivity index (χ1v) is 5.11. The van der Waals surface area contributed by atoms with Gasteiger partial charge < -0.3 is 10.4 Å². The van der Waals surface area contributed by atoms with E-state index in [1.54, 1.807) is 0 Å². The van der Waals surface area contributed by atoms with Crippen LogP contribution < -0.4 is 5.32 Å². The van der Waals surface area contributed by atoms with Crippen LogP contribution in [0.15, 0.2) is 0 Å². The van der Waals surface area contributed by atoms with Gasteiger partial charge >= 0.3 is 0 Å². The standard InChI is InChI=1S/C10H23NO/c1-4-10(5-2)11-9(3)7-6-8-12/h9-12H,4-8H2,1-3H3. The van der Waals surface area contributed by atoms with Crippen LogP contribution >= 0.6 is 0 Å². The predicted octanol–water partition coefficient (Wildman–Crippen LogP) is 1.93. The van der Waals surface area contributed by atoms with Gasteiger partial charge in [-0.2, -0.15) is 0 Å². The Morgan fingerprint density at radius 3 is 2.25 bits per heavy atom. The molecule has 1 atom stereocenters. The maximum absolute atomic E-state index is 8.64. The predicted molar refractivity (Wildman–Crippen MR) is 53.3 cm³/mol. The molecular weight excluding hydrogens is 150 g/mol. The van der Waals surface area contributed by atoms with E-state index in [1.807, 2.05) is 0 Å². The van der Waals surface area contributed by atoms with Crippen molar-refractivity contribution in [1.29, 1.82) is 0 Å². The monoisotopic (exact) mass is 173 g/mol. The van der Waals surface area contributed by atoms with Crippen molar-refractivity contribution in [3.05, 3.63) is 0 Å². The molecule has 12 heavy (non-hydrogen) atoms. The average molecular weight is 173 g/mol. The molecular formula is C10H23NO. The second-order valence-corrected chi connectivity index (χ2v) is 3.45. The molecule has 0 radical (unpaired) electrons. The Morgan fingerprint density at radius 2 is 1.83 bits per heavy atom. The van der Waals surface area contributed by atoms with Crippen molar-refractivity contribution in [3.8, 4) is 0 Å². The Kier molecular flexibility index (Phi) is 7.51. The molecule has 0 amide bonds. The highest BCUT2D eigenvalue weighted by molar-refractivity contribution is 4.68. The first kappa shape index (κ1) is 11.9. The van der Waals surface area contributed by atoms with Crippen LogP contribution in [0.25, 0.3) is 0 Å².